The molecule has 1 aliphatic carbocycles. The van der Waals surface area contributed by atoms with E-state index in [0.717, 1.165) is 18.8 Å². The first-order chi connectivity index (χ1) is 8.60. The number of carbonyl (C=O) groups is 1. The Morgan fingerprint density at radius 3 is 2.50 bits per heavy atom. The second kappa shape index (κ2) is 4.16. The Hall–Kier alpha value is -1.22. The molecule has 0 amide bonds. The summed E-state index contributed by atoms with van der Waals surface area (Å²) in [5, 5.41) is 9.26. The van der Waals surface area contributed by atoms with Gasteiger partial charge in [-0.15, -0.1) is 0 Å². The van der Waals surface area contributed by atoms with Crippen LogP contribution in [0.2, 0.25) is 5.02 Å². The van der Waals surface area contributed by atoms with Gasteiger partial charge in [0.2, 0.25) is 0 Å². The molecule has 96 valence electrons. The third kappa shape index (κ3) is 1.87. The van der Waals surface area contributed by atoms with E-state index in [1.54, 1.807) is 12.1 Å². The molecule has 2 fully saturated rings. The average Bonchev–Trinajstić information content (AvgIpc) is 2.75. The maximum atomic E-state index is 10.9. The van der Waals surface area contributed by atoms with Crippen LogP contribution >= 0.6 is 11.6 Å². The Bertz CT molecular complexity index is 487. The Labute approximate surface area is 111 Å². The van der Waals surface area contributed by atoms with E-state index in [1.165, 1.54) is 25.7 Å². The molecule has 1 aromatic rings. The Morgan fingerprint density at radius 1 is 1.28 bits per heavy atom. The summed E-state index contributed by atoms with van der Waals surface area (Å²) in [4.78, 5) is 13.2. The van der Waals surface area contributed by atoms with Gasteiger partial charge >= 0.3 is 5.97 Å². The highest BCUT2D eigenvalue weighted by atomic mass is 35.5. The van der Waals surface area contributed by atoms with Crippen molar-refractivity contribution < 1.29 is 9.90 Å². The van der Waals surface area contributed by atoms with Gasteiger partial charge in [-0.2, -0.15) is 0 Å². The summed E-state index contributed by atoms with van der Waals surface area (Å²) in [6.45, 7) is 2.19. The number of carboxylic acid groups (broad SMARTS) is 1. The van der Waals surface area contributed by atoms with Gasteiger partial charge in [-0.1, -0.05) is 24.4 Å². The molecule has 0 unspecified atom stereocenters. The molecule has 1 spiro atoms. The summed E-state index contributed by atoms with van der Waals surface area (Å²) in [7, 11) is 0. The van der Waals surface area contributed by atoms with E-state index < -0.39 is 5.97 Å². The highest BCUT2D eigenvalue weighted by molar-refractivity contribution is 6.33. The lowest BCUT2D eigenvalue weighted by atomic mass is 9.78. The lowest BCUT2D eigenvalue weighted by molar-refractivity contribution is 0.0697. The van der Waals surface area contributed by atoms with Crippen molar-refractivity contribution in [2.75, 3.05) is 18.0 Å². The van der Waals surface area contributed by atoms with E-state index in [9.17, 15) is 4.79 Å². The summed E-state index contributed by atoms with van der Waals surface area (Å²) in [5.41, 5.74) is 1.76. The monoisotopic (exact) mass is 265 g/mol. The fourth-order valence-corrected chi connectivity index (χ4v) is 3.52. The second-order valence-electron chi connectivity index (χ2n) is 5.53. The summed E-state index contributed by atoms with van der Waals surface area (Å²) in [6, 6.07) is 5.23. The normalized spacial score (nSPS) is 21.1. The fraction of sp³-hybridized carbons (Fsp3) is 0.500. The molecular formula is C14H16ClNO2. The molecule has 0 aromatic heterocycles. The Kier molecular flexibility index (Phi) is 2.74. The average molecular weight is 266 g/mol. The minimum Gasteiger partial charge on any atom is -0.478 e. The number of hydrogen-bond acceptors (Lipinski definition) is 2. The number of hydrogen-bond donors (Lipinski definition) is 1. The molecular weight excluding hydrogens is 250 g/mol. The highest BCUT2D eigenvalue weighted by Crippen LogP contribution is 2.47. The van der Waals surface area contributed by atoms with Crippen LogP contribution in [0.4, 0.5) is 5.69 Å². The van der Waals surface area contributed by atoms with Crippen LogP contribution in [-0.2, 0) is 0 Å². The lowest BCUT2D eigenvalue weighted by Gasteiger charge is -2.49. The topological polar surface area (TPSA) is 40.5 Å². The standard InChI is InChI=1S/C14H16ClNO2/c15-12-7-10(3-4-11(12)13(17)18)16-8-14(9-16)5-1-2-6-14/h3-4,7H,1-2,5-6,8-9H2,(H,17,18). The summed E-state index contributed by atoms with van der Waals surface area (Å²) >= 11 is 5.99. The van der Waals surface area contributed by atoms with Gasteiger partial charge in [0, 0.05) is 24.2 Å². The van der Waals surface area contributed by atoms with E-state index >= 15 is 0 Å². The van der Waals surface area contributed by atoms with E-state index in [-0.39, 0.29) is 5.56 Å². The molecule has 0 bridgehead atoms. The first-order valence-electron chi connectivity index (χ1n) is 6.38. The van der Waals surface area contributed by atoms with Gasteiger partial charge in [0.05, 0.1) is 10.6 Å². The van der Waals surface area contributed by atoms with Gasteiger partial charge in [-0.25, -0.2) is 4.79 Å². The van der Waals surface area contributed by atoms with Gasteiger partial charge in [0.1, 0.15) is 0 Å². The fourth-order valence-electron chi connectivity index (χ4n) is 3.26. The van der Waals surface area contributed by atoms with Crippen molar-refractivity contribution in [2.45, 2.75) is 25.7 Å². The van der Waals surface area contributed by atoms with Crippen molar-refractivity contribution in [1.82, 2.24) is 0 Å². The number of benzene rings is 1. The van der Waals surface area contributed by atoms with E-state index in [2.05, 4.69) is 4.90 Å². The third-order valence-corrected chi connectivity index (χ3v) is 4.58. The molecule has 3 nitrogen and oxygen atoms in total. The predicted molar refractivity (Wildman–Crippen MR) is 71.5 cm³/mol. The van der Waals surface area contributed by atoms with Crippen molar-refractivity contribution >= 4 is 23.3 Å². The van der Waals surface area contributed by atoms with Gasteiger partial charge in [0.25, 0.3) is 0 Å². The van der Waals surface area contributed by atoms with Crippen molar-refractivity contribution in [1.29, 1.82) is 0 Å². The molecule has 1 saturated carbocycles. The number of halogens is 1. The molecule has 3 rings (SSSR count). The largest absolute Gasteiger partial charge is 0.478 e. The molecule has 2 aliphatic rings. The van der Waals surface area contributed by atoms with Crippen LogP contribution in [0.15, 0.2) is 18.2 Å². The molecule has 1 aliphatic heterocycles. The number of rotatable bonds is 2. The number of carboxylic acids is 1. The van der Waals surface area contributed by atoms with Crippen molar-refractivity contribution in [3.63, 3.8) is 0 Å². The summed E-state index contributed by atoms with van der Waals surface area (Å²) < 4.78 is 0. The molecule has 0 atom stereocenters. The first kappa shape index (κ1) is 11.8. The van der Waals surface area contributed by atoms with Crippen LogP contribution in [0.3, 0.4) is 0 Å². The minimum absolute atomic E-state index is 0.177. The van der Waals surface area contributed by atoms with Gasteiger partial charge in [0.15, 0.2) is 0 Å². The van der Waals surface area contributed by atoms with Gasteiger partial charge < -0.3 is 10.0 Å². The van der Waals surface area contributed by atoms with Crippen molar-refractivity contribution in [3.05, 3.63) is 28.8 Å². The molecule has 1 N–H and O–H groups in total. The summed E-state index contributed by atoms with van der Waals surface area (Å²) in [6.07, 6.45) is 5.38. The zero-order chi connectivity index (χ0) is 12.8. The predicted octanol–water partition coefficient (Wildman–Crippen LogP) is 3.42. The minimum atomic E-state index is -0.970. The summed E-state index contributed by atoms with van der Waals surface area (Å²) in [5.74, 6) is -0.970. The number of nitrogens with zero attached hydrogens (tertiary/aromatic N) is 1. The number of anilines is 1. The third-order valence-electron chi connectivity index (χ3n) is 4.26. The smallest absolute Gasteiger partial charge is 0.337 e. The molecule has 1 saturated heterocycles. The SMILES string of the molecule is O=C(O)c1ccc(N2CC3(CCCC3)C2)cc1Cl. The highest BCUT2D eigenvalue weighted by Gasteiger charge is 2.44. The van der Waals surface area contributed by atoms with Crippen molar-refractivity contribution in [3.8, 4) is 0 Å². The quantitative estimate of drug-likeness (QED) is 0.891. The zero-order valence-electron chi connectivity index (χ0n) is 10.2. The van der Waals surface area contributed by atoms with Gasteiger partial charge in [-0.05, 0) is 31.0 Å². The number of aromatic carboxylic acids is 1. The maximum Gasteiger partial charge on any atom is 0.337 e. The maximum absolute atomic E-state index is 10.9. The van der Waals surface area contributed by atoms with Crippen LogP contribution < -0.4 is 4.90 Å². The zero-order valence-corrected chi connectivity index (χ0v) is 10.9. The Morgan fingerprint density at radius 2 is 1.94 bits per heavy atom. The lowest BCUT2D eigenvalue weighted by Crippen LogP contribution is -2.55. The van der Waals surface area contributed by atoms with Crippen LogP contribution in [0.1, 0.15) is 36.0 Å². The van der Waals surface area contributed by atoms with E-state index in [0.29, 0.717) is 10.4 Å². The van der Waals surface area contributed by atoms with E-state index in [1.807, 2.05) is 6.07 Å². The molecule has 0 radical (unpaired) electrons. The molecule has 18 heavy (non-hydrogen) atoms. The molecule has 1 aromatic carbocycles. The van der Waals surface area contributed by atoms with Crippen molar-refractivity contribution in [2.24, 2.45) is 5.41 Å². The van der Waals surface area contributed by atoms with E-state index in [4.69, 9.17) is 16.7 Å². The first-order valence-corrected chi connectivity index (χ1v) is 6.75. The van der Waals surface area contributed by atoms with Crippen LogP contribution in [0.5, 0.6) is 0 Å². The molecule has 4 heteroatoms. The van der Waals surface area contributed by atoms with Crippen LogP contribution in [0.25, 0.3) is 0 Å². The Balaban J connectivity index is 1.75. The van der Waals surface area contributed by atoms with Gasteiger partial charge in [-0.3, -0.25) is 0 Å². The molecule has 1 heterocycles. The second-order valence-corrected chi connectivity index (χ2v) is 5.94. The van der Waals surface area contributed by atoms with Crippen LogP contribution in [-0.4, -0.2) is 24.2 Å². The van der Waals surface area contributed by atoms with Crippen LogP contribution in [0, 0.1) is 5.41 Å².